The highest BCUT2D eigenvalue weighted by Gasteiger charge is 2.36. The fourth-order valence-electron chi connectivity index (χ4n) is 3.33. The molecule has 1 aliphatic rings. The molecule has 2 heterocycles. The lowest BCUT2D eigenvalue weighted by atomic mass is 10.1. The number of carbonyl (C=O) groups excluding carboxylic acids is 2. The summed E-state index contributed by atoms with van der Waals surface area (Å²) in [5, 5.41) is 3.47. The van der Waals surface area contributed by atoms with Gasteiger partial charge in [-0.3, -0.25) is 9.59 Å². The lowest BCUT2D eigenvalue weighted by Gasteiger charge is -2.18. The van der Waals surface area contributed by atoms with Gasteiger partial charge in [0.05, 0.1) is 11.6 Å². The van der Waals surface area contributed by atoms with Gasteiger partial charge in [0.1, 0.15) is 11.6 Å². The van der Waals surface area contributed by atoms with Gasteiger partial charge >= 0.3 is 0 Å². The first-order valence-electron chi connectivity index (χ1n) is 9.52. The third-order valence-electron chi connectivity index (χ3n) is 4.90. The quantitative estimate of drug-likeness (QED) is 0.602. The zero-order chi connectivity index (χ0) is 22.0. The molecule has 0 radical (unpaired) electrons. The van der Waals surface area contributed by atoms with Crippen LogP contribution in [-0.4, -0.2) is 28.3 Å². The van der Waals surface area contributed by atoms with Crippen LogP contribution < -0.4 is 10.2 Å². The van der Waals surface area contributed by atoms with Gasteiger partial charge in [-0.2, -0.15) is 0 Å². The first kappa shape index (κ1) is 20.9. The van der Waals surface area contributed by atoms with Gasteiger partial charge in [0, 0.05) is 42.0 Å². The summed E-state index contributed by atoms with van der Waals surface area (Å²) in [5.74, 6) is -2.90. The molecule has 0 saturated carbocycles. The summed E-state index contributed by atoms with van der Waals surface area (Å²) in [5.41, 5.74) is 1.45. The summed E-state index contributed by atoms with van der Waals surface area (Å²) in [7, 11) is 0. The molecule has 6 nitrogen and oxygen atoms in total. The number of amides is 2. The molecule has 158 valence electrons. The van der Waals surface area contributed by atoms with Gasteiger partial charge < -0.3 is 10.2 Å². The monoisotopic (exact) mass is 440 g/mol. The molecular formula is C22H18F2N4O2S. The summed E-state index contributed by atoms with van der Waals surface area (Å²) in [4.78, 5) is 35.5. The normalized spacial score (nSPS) is 15.9. The van der Waals surface area contributed by atoms with Crippen LogP contribution in [-0.2, 0) is 9.59 Å². The van der Waals surface area contributed by atoms with Crippen molar-refractivity contribution < 1.29 is 18.4 Å². The number of aromatic nitrogens is 2. The number of halogens is 2. The molecule has 1 saturated heterocycles. The van der Waals surface area contributed by atoms with Crippen LogP contribution in [0.25, 0.3) is 0 Å². The molecule has 0 spiro atoms. The van der Waals surface area contributed by atoms with Crippen LogP contribution in [0.5, 0.6) is 0 Å². The van der Waals surface area contributed by atoms with Gasteiger partial charge in [-0.15, -0.1) is 0 Å². The maximum absolute atomic E-state index is 14.1. The van der Waals surface area contributed by atoms with E-state index in [1.165, 1.54) is 22.7 Å². The average Bonchev–Trinajstić information content (AvgIpc) is 3.12. The van der Waals surface area contributed by atoms with E-state index in [1.54, 1.807) is 24.5 Å². The SMILES string of the molecule is Cc1cc(Sc2ncccn2)ccc1NC(=O)[C@@H]1CC(=O)N(c2ccc(F)cc2F)C1. The van der Waals surface area contributed by atoms with Crippen molar-refractivity contribution in [2.75, 3.05) is 16.8 Å². The van der Waals surface area contributed by atoms with Gasteiger partial charge in [0.2, 0.25) is 11.8 Å². The van der Waals surface area contributed by atoms with Gasteiger partial charge in [0.25, 0.3) is 0 Å². The van der Waals surface area contributed by atoms with Crippen LogP contribution >= 0.6 is 11.8 Å². The number of aryl methyl sites for hydroxylation is 1. The zero-order valence-corrected chi connectivity index (χ0v) is 17.3. The van der Waals surface area contributed by atoms with Gasteiger partial charge in [0.15, 0.2) is 5.16 Å². The molecule has 31 heavy (non-hydrogen) atoms. The van der Waals surface area contributed by atoms with Crippen molar-refractivity contribution in [2.24, 2.45) is 5.92 Å². The van der Waals surface area contributed by atoms with Crippen molar-refractivity contribution in [3.8, 4) is 0 Å². The first-order valence-corrected chi connectivity index (χ1v) is 10.3. The third-order valence-corrected chi connectivity index (χ3v) is 5.79. The van der Waals surface area contributed by atoms with Crippen molar-refractivity contribution in [1.29, 1.82) is 0 Å². The summed E-state index contributed by atoms with van der Waals surface area (Å²) < 4.78 is 27.2. The molecule has 1 fully saturated rings. The fraction of sp³-hybridized carbons (Fsp3) is 0.182. The molecular weight excluding hydrogens is 422 g/mol. The van der Waals surface area contributed by atoms with Crippen LogP contribution in [0.3, 0.4) is 0 Å². The number of benzene rings is 2. The Kier molecular flexibility index (Phi) is 5.94. The number of anilines is 2. The van der Waals surface area contributed by atoms with Gasteiger partial charge in [-0.1, -0.05) is 0 Å². The maximum Gasteiger partial charge on any atom is 0.229 e. The second kappa shape index (κ2) is 8.81. The Bertz CT molecular complexity index is 1140. The number of carbonyl (C=O) groups is 2. The topological polar surface area (TPSA) is 75.2 Å². The van der Waals surface area contributed by atoms with E-state index in [0.717, 1.165) is 22.6 Å². The first-order chi connectivity index (χ1) is 14.9. The Morgan fingerprint density at radius 1 is 1.16 bits per heavy atom. The maximum atomic E-state index is 14.1. The third kappa shape index (κ3) is 4.72. The molecule has 0 unspecified atom stereocenters. The Labute approximate surface area is 181 Å². The van der Waals surface area contributed by atoms with E-state index >= 15 is 0 Å². The number of rotatable bonds is 5. The molecule has 1 aromatic heterocycles. The number of hydrogen-bond donors (Lipinski definition) is 1. The predicted molar refractivity (Wildman–Crippen MR) is 113 cm³/mol. The fourth-order valence-corrected chi connectivity index (χ4v) is 4.14. The molecule has 3 aromatic rings. The highest BCUT2D eigenvalue weighted by atomic mass is 32.2. The highest BCUT2D eigenvalue weighted by Crippen LogP contribution is 2.30. The largest absolute Gasteiger partial charge is 0.326 e. The second-order valence-electron chi connectivity index (χ2n) is 7.10. The van der Waals surface area contributed by atoms with E-state index in [-0.39, 0.29) is 30.5 Å². The smallest absolute Gasteiger partial charge is 0.229 e. The highest BCUT2D eigenvalue weighted by molar-refractivity contribution is 7.99. The number of nitrogens with zero attached hydrogens (tertiary/aromatic N) is 3. The van der Waals surface area contributed by atoms with Crippen molar-refractivity contribution >= 4 is 35.0 Å². The van der Waals surface area contributed by atoms with Crippen molar-refractivity contribution in [1.82, 2.24) is 9.97 Å². The van der Waals surface area contributed by atoms with Crippen LogP contribution in [0.1, 0.15) is 12.0 Å². The van der Waals surface area contributed by atoms with Crippen LogP contribution in [0, 0.1) is 24.5 Å². The minimum atomic E-state index is -0.833. The summed E-state index contributed by atoms with van der Waals surface area (Å²) in [6.45, 7) is 1.90. The molecule has 4 rings (SSSR count). The van der Waals surface area contributed by atoms with E-state index in [4.69, 9.17) is 0 Å². The predicted octanol–water partition coefficient (Wildman–Crippen LogP) is 4.21. The van der Waals surface area contributed by atoms with Crippen molar-refractivity contribution in [3.63, 3.8) is 0 Å². The summed E-state index contributed by atoms with van der Waals surface area (Å²) >= 11 is 1.41. The van der Waals surface area contributed by atoms with Gasteiger partial charge in [-0.05, 0) is 60.6 Å². The minimum Gasteiger partial charge on any atom is -0.326 e. The molecule has 1 aliphatic heterocycles. The molecule has 2 aromatic carbocycles. The van der Waals surface area contributed by atoms with E-state index < -0.39 is 17.6 Å². The molecule has 9 heteroatoms. The summed E-state index contributed by atoms with van der Waals surface area (Å²) in [6.07, 6.45) is 3.29. The minimum absolute atomic E-state index is 0.0256. The second-order valence-corrected chi connectivity index (χ2v) is 8.14. The number of nitrogens with one attached hydrogen (secondary N) is 1. The lowest BCUT2D eigenvalue weighted by molar-refractivity contribution is -0.122. The Hall–Kier alpha value is -3.33. The van der Waals surface area contributed by atoms with Gasteiger partial charge in [-0.25, -0.2) is 18.7 Å². The molecule has 1 N–H and O–H groups in total. The Morgan fingerprint density at radius 2 is 1.94 bits per heavy atom. The van der Waals surface area contributed by atoms with Crippen molar-refractivity contribution in [2.45, 2.75) is 23.4 Å². The number of hydrogen-bond acceptors (Lipinski definition) is 5. The van der Waals surface area contributed by atoms with E-state index in [9.17, 15) is 18.4 Å². The van der Waals surface area contributed by atoms with E-state index in [0.29, 0.717) is 10.8 Å². The summed E-state index contributed by atoms with van der Waals surface area (Å²) in [6, 6.07) is 10.3. The Balaban J connectivity index is 1.43. The van der Waals surface area contributed by atoms with E-state index in [2.05, 4.69) is 15.3 Å². The molecule has 1 atom stereocenters. The molecule has 2 amide bonds. The molecule has 0 bridgehead atoms. The zero-order valence-electron chi connectivity index (χ0n) is 16.5. The van der Waals surface area contributed by atoms with Crippen LogP contribution in [0.4, 0.5) is 20.2 Å². The van der Waals surface area contributed by atoms with Crippen LogP contribution in [0.15, 0.2) is 64.9 Å². The van der Waals surface area contributed by atoms with E-state index in [1.807, 2.05) is 19.1 Å². The van der Waals surface area contributed by atoms with Crippen molar-refractivity contribution in [3.05, 3.63) is 72.1 Å². The standard InChI is InChI=1S/C22H18F2N4O2S/c1-13-9-16(31-22-25-7-2-8-26-22)4-5-18(13)27-21(30)14-10-20(29)28(12-14)19-6-3-15(23)11-17(19)24/h2-9,11,14H,10,12H2,1H3,(H,27,30)/t14-/m1/s1. The molecule has 0 aliphatic carbocycles. The van der Waals surface area contributed by atoms with Crippen LogP contribution in [0.2, 0.25) is 0 Å². The average molecular weight is 440 g/mol. The Morgan fingerprint density at radius 3 is 2.65 bits per heavy atom. The lowest BCUT2D eigenvalue weighted by Crippen LogP contribution is -2.28.